The van der Waals surface area contributed by atoms with E-state index in [2.05, 4.69) is 15.7 Å². The van der Waals surface area contributed by atoms with Gasteiger partial charge in [0.25, 0.3) is 0 Å². The molecule has 2 aromatic carbocycles. The highest BCUT2D eigenvalue weighted by atomic mass is 35.5. The van der Waals surface area contributed by atoms with Crippen LogP contribution in [0, 0.1) is 19.7 Å². The zero-order valence-corrected chi connectivity index (χ0v) is 17.8. The molecule has 0 aliphatic heterocycles. The molecule has 0 saturated carbocycles. The van der Waals surface area contributed by atoms with Crippen molar-refractivity contribution in [2.75, 3.05) is 24.9 Å². The van der Waals surface area contributed by atoms with Gasteiger partial charge in [-0.1, -0.05) is 17.7 Å². The summed E-state index contributed by atoms with van der Waals surface area (Å²) in [5, 5.41) is 10.4. The second-order valence-corrected chi connectivity index (χ2v) is 6.99. The Hall–Kier alpha value is -3.26. The van der Waals surface area contributed by atoms with E-state index in [1.54, 1.807) is 43.0 Å². The summed E-state index contributed by atoms with van der Waals surface area (Å²) in [5.74, 6) is 0.688. The van der Waals surface area contributed by atoms with E-state index in [-0.39, 0.29) is 0 Å². The molecular weight excluding hydrogens is 411 g/mol. The number of aromatic nitrogens is 2. The lowest BCUT2D eigenvalue weighted by molar-refractivity contribution is 0.262. The van der Waals surface area contributed by atoms with Gasteiger partial charge < -0.3 is 20.1 Å². The lowest BCUT2D eigenvalue weighted by Crippen LogP contribution is -2.20. The minimum Gasteiger partial charge on any atom is -0.497 e. The number of amides is 2. The summed E-state index contributed by atoms with van der Waals surface area (Å²) in [5.41, 5.74) is 3.14. The Morgan fingerprint density at radius 2 is 1.90 bits per heavy atom. The van der Waals surface area contributed by atoms with Crippen molar-refractivity contribution in [3.8, 4) is 11.5 Å². The van der Waals surface area contributed by atoms with Crippen molar-refractivity contribution in [1.29, 1.82) is 0 Å². The molecule has 7 nitrogen and oxygen atoms in total. The third kappa shape index (κ3) is 4.65. The first-order valence-electron chi connectivity index (χ1n) is 9.10. The van der Waals surface area contributed by atoms with Gasteiger partial charge in [-0.25, -0.2) is 9.18 Å². The van der Waals surface area contributed by atoms with E-state index in [9.17, 15) is 9.18 Å². The van der Waals surface area contributed by atoms with Crippen molar-refractivity contribution < 1.29 is 18.7 Å². The number of rotatable bonds is 6. The molecule has 3 rings (SSSR count). The fourth-order valence-corrected chi connectivity index (χ4v) is 3.25. The molecule has 30 heavy (non-hydrogen) atoms. The Labute approximate surface area is 178 Å². The number of halogens is 2. The van der Waals surface area contributed by atoms with E-state index in [0.29, 0.717) is 40.1 Å². The maximum atomic E-state index is 13.3. The zero-order valence-electron chi connectivity index (χ0n) is 17.0. The maximum Gasteiger partial charge on any atom is 0.323 e. The third-order valence-corrected chi connectivity index (χ3v) is 4.96. The van der Waals surface area contributed by atoms with Crippen LogP contribution >= 0.6 is 11.6 Å². The number of ether oxygens (including phenoxy) is 2. The van der Waals surface area contributed by atoms with E-state index in [4.69, 9.17) is 21.1 Å². The van der Waals surface area contributed by atoms with Gasteiger partial charge in [-0.2, -0.15) is 5.10 Å². The molecule has 158 valence electrons. The highest BCUT2D eigenvalue weighted by molar-refractivity contribution is 6.31. The van der Waals surface area contributed by atoms with Crippen LogP contribution in [-0.2, 0) is 6.54 Å². The van der Waals surface area contributed by atoms with Gasteiger partial charge in [0.05, 0.1) is 43.5 Å². The van der Waals surface area contributed by atoms with E-state index in [0.717, 1.165) is 11.3 Å². The van der Waals surface area contributed by atoms with Gasteiger partial charge >= 0.3 is 6.03 Å². The molecule has 0 aliphatic carbocycles. The van der Waals surface area contributed by atoms with Gasteiger partial charge in [-0.3, -0.25) is 4.68 Å². The van der Waals surface area contributed by atoms with E-state index >= 15 is 0 Å². The molecule has 0 unspecified atom stereocenters. The molecule has 3 aromatic rings. The van der Waals surface area contributed by atoms with Crippen molar-refractivity contribution >= 4 is 29.0 Å². The number of aryl methyl sites for hydroxylation is 1. The lowest BCUT2D eigenvalue weighted by Gasteiger charge is -2.13. The summed E-state index contributed by atoms with van der Waals surface area (Å²) in [4.78, 5) is 12.6. The van der Waals surface area contributed by atoms with E-state index < -0.39 is 11.8 Å². The number of benzene rings is 2. The largest absolute Gasteiger partial charge is 0.497 e. The normalized spacial score (nSPS) is 10.6. The molecule has 0 fully saturated rings. The van der Waals surface area contributed by atoms with Crippen molar-refractivity contribution in [1.82, 2.24) is 9.78 Å². The second kappa shape index (κ2) is 9.04. The van der Waals surface area contributed by atoms with Crippen LogP contribution in [0.1, 0.15) is 17.0 Å². The average molecular weight is 433 g/mol. The number of nitrogens with one attached hydrogen (secondary N) is 2. The Morgan fingerprint density at radius 3 is 2.57 bits per heavy atom. The number of nitrogens with zero attached hydrogens (tertiary/aromatic N) is 2. The Morgan fingerprint density at radius 1 is 1.13 bits per heavy atom. The predicted octanol–water partition coefficient (Wildman–Crippen LogP) is 5.00. The van der Waals surface area contributed by atoms with Crippen LogP contribution in [0.15, 0.2) is 36.4 Å². The number of methoxy groups -OCH3 is 2. The number of hydrogen-bond donors (Lipinski definition) is 2. The number of carbonyl (C=O) groups is 1. The smallest absolute Gasteiger partial charge is 0.323 e. The molecule has 0 radical (unpaired) electrons. The number of anilines is 2. The summed E-state index contributed by atoms with van der Waals surface area (Å²) >= 11 is 6.12. The molecule has 1 aromatic heterocycles. The molecule has 0 atom stereocenters. The van der Waals surface area contributed by atoms with Crippen molar-refractivity contribution in [2.45, 2.75) is 20.4 Å². The van der Waals surface area contributed by atoms with Crippen LogP contribution in [0.5, 0.6) is 11.5 Å². The van der Waals surface area contributed by atoms with E-state index in [1.807, 2.05) is 6.92 Å². The monoisotopic (exact) mass is 432 g/mol. The summed E-state index contributed by atoms with van der Waals surface area (Å²) in [6.45, 7) is 3.97. The average Bonchev–Trinajstić information content (AvgIpc) is 2.97. The van der Waals surface area contributed by atoms with Gasteiger partial charge in [0.1, 0.15) is 17.3 Å². The summed E-state index contributed by atoms with van der Waals surface area (Å²) in [6, 6.07) is 8.88. The van der Waals surface area contributed by atoms with Crippen molar-refractivity contribution in [3.05, 3.63) is 64.2 Å². The highest BCUT2D eigenvalue weighted by Gasteiger charge is 2.16. The summed E-state index contributed by atoms with van der Waals surface area (Å²) < 4.78 is 25.5. The number of carbonyl (C=O) groups excluding carboxylic acids is 1. The Balaban J connectivity index is 1.78. The molecule has 2 N–H and O–H groups in total. The fourth-order valence-electron chi connectivity index (χ4n) is 3.02. The van der Waals surface area contributed by atoms with Crippen LogP contribution in [-0.4, -0.2) is 30.0 Å². The van der Waals surface area contributed by atoms with Gasteiger partial charge in [-0.15, -0.1) is 0 Å². The topological polar surface area (TPSA) is 77.4 Å². The molecule has 0 spiro atoms. The van der Waals surface area contributed by atoms with Gasteiger partial charge in [0.15, 0.2) is 0 Å². The van der Waals surface area contributed by atoms with Gasteiger partial charge in [0.2, 0.25) is 0 Å². The third-order valence-electron chi connectivity index (χ3n) is 4.61. The van der Waals surface area contributed by atoms with Crippen molar-refractivity contribution in [2.24, 2.45) is 0 Å². The first-order chi connectivity index (χ1) is 14.3. The van der Waals surface area contributed by atoms with Gasteiger partial charge in [-0.05, 0) is 43.7 Å². The Kier molecular flexibility index (Phi) is 6.47. The fraction of sp³-hybridized carbons (Fsp3) is 0.238. The molecule has 1 heterocycles. The van der Waals surface area contributed by atoms with Crippen LogP contribution in [0.25, 0.3) is 0 Å². The van der Waals surface area contributed by atoms with Crippen LogP contribution in [0.2, 0.25) is 5.02 Å². The minimum atomic E-state index is -0.452. The maximum absolute atomic E-state index is 13.3. The SMILES string of the molecule is COc1ccc(OC)c(NC(=O)Nc2c(C)nn(Cc3ccc(F)cc3Cl)c2C)c1. The molecular formula is C21H22ClFN4O3. The van der Waals surface area contributed by atoms with Crippen molar-refractivity contribution in [3.63, 3.8) is 0 Å². The molecule has 0 saturated heterocycles. The predicted molar refractivity (Wildman–Crippen MR) is 114 cm³/mol. The van der Waals surface area contributed by atoms with Crippen LogP contribution in [0.3, 0.4) is 0 Å². The summed E-state index contributed by atoms with van der Waals surface area (Å²) in [6.07, 6.45) is 0. The quantitative estimate of drug-likeness (QED) is 0.574. The first-order valence-corrected chi connectivity index (χ1v) is 9.48. The molecule has 9 heteroatoms. The minimum absolute atomic E-state index is 0.319. The number of urea groups is 1. The lowest BCUT2D eigenvalue weighted by atomic mass is 10.2. The molecule has 0 aliphatic rings. The highest BCUT2D eigenvalue weighted by Crippen LogP contribution is 2.29. The molecule has 0 bridgehead atoms. The number of hydrogen-bond acceptors (Lipinski definition) is 4. The standard InChI is InChI=1S/C21H22ClFN4O3/c1-12-20(13(2)27(26-12)11-14-5-6-15(23)9-17(14)22)25-21(28)24-18-10-16(29-3)7-8-19(18)30-4/h5-10H,11H2,1-4H3,(H2,24,25,28). The Bertz CT molecular complexity index is 1080. The van der Waals surface area contributed by atoms with E-state index in [1.165, 1.54) is 19.2 Å². The van der Waals surface area contributed by atoms with Gasteiger partial charge in [0, 0.05) is 11.1 Å². The zero-order chi connectivity index (χ0) is 21.8. The summed E-state index contributed by atoms with van der Waals surface area (Å²) in [7, 11) is 3.06. The van der Waals surface area contributed by atoms with Crippen LogP contribution in [0.4, 0.5) is 20.6 Å². The second-order valence-electron chi connectivity index (χ2n) is 6.58. The molecule has 2 amide bonds. The first kappa shape index (κ1) is 21.4. The van der Waals surface area contributed by atoms with Crippen LogP contribution < -0.4 is 20.1 Å².